The SMILES string of the molecule is O=c1[nH]ncc(NCC2(CCO)CC2)c1Cl. The van der Waals surface area contributed by atoms with Crippen LogP contribution in [0.1, 0.15) is 19.3 Å². The molecule has 0 amide bonds. The quantitative estimate of drug-likeness (QED) is 0.721. The summed E-state index contributed by atoms with van der Waals surface area (Å²) in [6.07, 6.45) is 4.50. The highest BCUT2D eigenvalue weighted by molar-refractivity contribution is 6.32. The Bertz CT molecular complexity index is 428. The second-order valence-corrected chi connectivity index (χ2v) is 4.63. The van der Waals surface area contributed by atoms with Gasteiger partial charge >= 0.3 is 0 Å². The van der Waals surface area contributed by atoms with Gasteiger partial charge in [0.2, 0.25) is 0 Å². The number of hydrogen-bond donors (Lipinski definition) is 3. The van der Waals surface area contributed by atoms with Crippen LogP contribution in [0.5, 0.6) is 0 Å². The zero-order valence-electron chi connectivity index (χ0n) is 8.79. The van der Waals surface area contributed by atoms with Crippen molar-refractivity contribution >= 4 is 17.3 Å². The molecule has 1 aliphatic rings. The van der Waals surface area contributed by atoms with Crippen molar-refractivity contribution in [1.29, 1.82) is 0 Å². The van der Waals surface area contributed by atoms with E-state index in [-0.39, 0.29) is 17.0 Å². The lowest BCUT2D eigenvalue weighted by atomic mass is 10.0. The van der Waals surface area contributed by atoms with Gasteiger partial charge in [-0.05, 0) is 24.7 Å². The third-order valence-corrected chi connectivity index (χ3v) is 3.42. The van der Waals surface area contributed by atoms with Gasteiger partial charge in [-0.25, -0.2) is 5.10 Å². The molecule has 1 fully saturated rings. The summed E-state index contributed by atoms with van der Waals surface area (Å²) in [5, 5.41) is 18.1. The van der Waals surface area contributed by atoms with Gasteiger partial charge < -0.3 is 10.4 Å². The molecule has 0 radical (unpaired) electrons. The number of nitrogens with zero attached hydrogens (tertiary/aromatic N) is 1. The number of aromatic amines is 1. The van der Waals surface area contributed by atoms with E-state index in [1.165, 1.54) is 6.20 Å². The molecule has 16 heavy (non-hydrogen) atoms. The van der Waals surface area contributed by atoms with Crippen LogP contribution in [0.3, 0.4) is 0 Å². The minimum atomic E-state index is -0.390. The van der Waals surface area contributed by atoms with E-state index >= 15 is 0 Å². The van der Waals surface area contributed by atoms with Crippen molar-refractivity contribution in [3.05, 3.63) is 21.6 Å². The molecule has 1 aromatic heterocycles. The summed E-state index contributed by atoms with van der Waals surface area (Å²) in [5.41, 5.74) is 0.342. The van der Waals surface area contributed by atoms with Crippen molar-refractivity contribution < 1.29 is 5.11 Å². The molecule has 0 saturated heterocycles. The van der Waals surface area contributed by atoms with E-state index in [9.17, 15) is 4.79 Å². The highest BCUT2D eigenvalue weighted by Crippen LogP contribution is 2.48. The first-order valence-electron chi connectivity index (χ1n) is 5.25. The van der Waals surface area contributed by atoms with Crippen LogP contribution >= 0.6 is 11.6 Å². The molecule has 0 spiro atoms. The van der Waals surface area contributed by atoms with Gasteiger partial charge in [-0.1, -0.05) is 11.6 Å². The van der Waals surface area contributed by atoms with Crippen molar-refractivity contribution in [3.8, 4) is 0 Å². The predicted molar refractivity (Wildman–Crippen MR) is 61.7 cm³/mol. The van der Waals surface area contributed by atoms with E-state index in [2.05, 4.69) is 15.5 Å². The topological polar surface area (TPSA) is 78.0 Å². The molecule has 2 rings (SSSR count). The molecule has 3 N–H and O–H groups in total. The molecule has 5 nitrogen and oxygen atoms in total. The van der Waals surface area contributed by atoms with Crippen molar-refractivity contribution in [1.82, 2.24) is 10.2 Å². The second-order valence-electron chi connectivity index (χ2n) is 4.25. The summed E-state index contributed by atoms with van der Waals surface area (Å²) < 4.78 is 0. The smallest absolute Gasteiger partial charge is 0.285 e. The first-order valence-corrected chi connectivity index (χ1v) is 5.63. The fourth-order valence-electron chi connectivity index (χ4n) is 1.72. The molecule has 0 aromatic carbocycles. The first-order chi connectivity index (χ1) is 7.67. The predicted octanol–water partition coefficient (Wildman–Crippen LogP) is 0.998. The Kier molecular flexibility index (Phi) is 3.16. The van der Waals surface area contributed by atoms with Gasteiger partial charge in [-0.2, -0.15) is 5.10 Å². The number of hydrogen-bond acceptors (Lipinski definition) is 4. The molecule has 0 atom stereocenters. The fourth-order valence-corrected chi connectivity index (χ4v) is 1.88. The number of aliphatic hydroxyl groups is 1. The fraction of sp³-hybridized carbons (Fsp3) is 0.600. The second kappa shape index (κ2) is 4.43. The molecule has 1 saturated carbocycles. The summed E-state index contributed by atoms with van der Waals surface area (Å²) >= 11 is 5.82. The summed E-state index contributed by atoms with van der Waals surface area (Å²) in [6, 6.07) is 0. The Labute approximate surface area is 97.8 Å². The Balaban J connectivity index is 2.00. The number of nitrogens with one attached hydrogen (secondary N) is 2. The maximum atomic E-state index is 11.2. The van der Waals surface area contributed by atoms with Crippen LogP contribution in [-0.2, 0) is 0 Å². The average molecular weight is 244 g/mol. The van der Waals surface area contributed by atoms with Crippen LogP contribution in [-0.4, -0.2) is 28.5 Å². The molecule has 0 bridgehead atoms. The van der Waals surface area contributed by atoms with E-state index < -0.39 is 5.56 Å². The van der Waals surface area contributed by atoms with Crippen LogP contribution in [0.4, 0.5) is 5.69 Å². The average Bonchev–Trinajstić information content (AvgIpc) is 3.02. The number of halogens is 1. The van der Waals surface area contributed by atoms with E-state index in [1.54, 1.807) is 0 Å². The summed E-state index contributed by atoms with van der Waals surface area (Å²) in [5.74, 6) is 0. The van der Waals surface area contributed by atoms with Crippen LogP contribution < -0.4 is 10.9 Å². The van der Waals surface area contributed by atoms with Gasteiger partial charge in [0.25, 0.3) is 5.56 Å². The van der Waals surface area contributed by atoms with E-state index in [0.29, 0.717) is 5.69 Å². The zero-order chi connectivity index (χ0) is 11.6. The molecule has 0 unspecified atom stereocenters. The normalized spacial score (nSPS) is 17.1. The van der Waals surface area contributed by atoms with Crippen LogP contribution in [0.2, 0.25) is 5.02 Å². The molecule has 1 aromatic rings. The largest absolute Gasteiger partial charge is 0.396 e. The molecule has 88 valence electrons. The van der Waals surface area contributed by atoms with Gasteiger partial charge in [-0.3, -0.25) is 4.79 Å². The Hall–Kier alpha value is -1.07. The lowest BCUT2D eigenvalue weighted by Gasteiger charge is -2.15. The maximum absolute atomic E-state index is 11.2. The molecule has 0 aliphatic heterocycles. The highest BCUT2D eigenvalue weighted by Gasteiger charge is 2.41. The van der Waals surface area contributed by atoms with Gasteiger partial charge in [-0.15, -0.1) is 0 Å². The van der Waals surface area contributed by atoms with E-state index in [0.717, 1.165) is 25.8 Å². The van der Waals surface area contributed by atoms with Gasteiger partial charge in [0, 0.05) is 13.2 Å². The zero-order valence-corrected chi connectivity index (χ0v) is 9.55. The van der Waals surface area contributed by atoms with Gasteiger partial charge in [0.05, 0.1) is 11.9 Å². The monoisotopic (exact) mass is 243 g/mol. The van der Waals surface area contributed by atoms with Gasteiger partial charge in [0.15, 0.2) is 0 Å². The number of anilines is 1. The van der Waals surface area contributed by atoms with Gasteiger partial charge in [0.1, 0.15) is 5.02 Å². The third kappa shape index (κ3) is 2.36. The van der Waals surface area contributed by atoms with Crippen molar-refractivity contribution in [2.75, 3.05) is 18.5 Å². The molecule has 1 heterocycles. The van der Waals surface area contributed by atoms with Crippen molar-refractivity contribution in [2.24, 2.45) is 5.41 Å². The van der Waals surface area contributed by atoms with E-state index in [1.807, 2.05) is 0 Å². The first kappa shape index (κ1) is 11.4. The van der Waals surface area contributed by atoms with Crippen LogP contribution in [0.15, 0.2) is 11.0 Å². The molecule has 6 heteroatoms. The Morgan fingerprint density at radius 2 is 2.38 bits per heavy atom. The number of aliphatic hydroxyl groups excluding tert-OH is 1. The number of H-pyrrole nitrogens is 1. The Morgan fingerprint density at radius 1 is 1.62 bits per heavy atom. The Morgan fingerprint density at radius 3 is 3.00 bits per heavy atom. The minimum absolute atomic E-state index is 0.134. The van der Waals surface area contributed by atoms with Crippen LogP contribution in [0.25, 0.3) is 0 Å². The standard InChI is InChI=1S/C10H14ClN3O2/c11-8-7(5-13-14-9(8)16)12-6-10(1-2-10)3-4-15/h5,15H,1-4,6H2,(H2,12,14,16). The summed E-state index contributed by atoms with van der Waals surface area (Å²) in [6.45, 7) is 0.918. The molecule has 1 aliphatic carbocycles. The number of rotatable bonds is 5. The lowest BCUT2D eigenvalue weighted by molar-refractivity contribution is 0.253. The third-order valence-electron chi connectivity index (χ3n) is 3.05. The lowest BCUT2D eigenvalue weighted by Crippen LogP contribution is -2.19. The van der Waals surface area contributed by atoms with E-state index in [4.69, 9.17) is 16.7 Å². The minimum Gasteiger partial charge on any atom is -0.396 e. The van der Waals surface area contributed by atoms with Crippen LogP contribution in [0, 0.1) is 5.41 Å². The molecular formula is C10H14ClN3O2. The number of aromatic nitrogens is 2. The maximum Gasteiger partial charge on any atom is 0.285 e. The van der Waals surface area contributed by atoms with Crippen molar-refractivity contribution in [2.45, 2.75) is 19.3 Å². The summed E-state index contributed by atoms with van der Waals surface area (Å²) in [4.78, 5) is 11.2. The molecular weight excluding hydrogens is 230 g/mol. The highest BCUT2D eigenvalue weighted by atomic mass is 35.5. The summed E-state index contributed by atoms with van der Waals surface area (Å²) in [7, 11) is 0. The van der Waals surface area contributed by atoms with Crippen molar-refractivity contribution in [3.63, 3.8) is 0 Å².